The summed E-state index contributed by atoms with van der Waals surface area (Å²) in [5.41, 5.74) is -1.62. The molecular weight excluding hydrogens is 391 g/mol. The molecular formula is C17H19F9O. The van der Waals surface area contributed by atoms with Crippen LogP contribution < -0.4 is 0 Å². The maximum Gasteiger partial charge on any atom is 0.460 e. The number of alkyl halides is 9. The first-order valence-electron chi connectivity index (χ1n) is 7.90. The first-order valence-corrected chi connectivity index (χ1v) is 7.90. The Morgan fingerprint density at radius 1 is 0.889 bits per heavy atom. The van der Waals surface area contributed by atoms with E-state index in [1.54, 1.807) is 6.07 Å². The molecule has 0 heterocycles. The zero-order chi connectivity index (χ0) is 21.3. The highest BCUT2D eigenvalue weighted by molar-refractivity contribution is 5.29. The molecule has 0 aromatic heterocycles. The molecule has 1 nitrogen and oxygen atoms in total. The Morgan fingerprint density at radius 2 is 1.44 bits per heavy atom. The van der Waals surface area contributed by atoms with Crippen molar-refractivity contribution in [1.29, 1.82) is 0 Å². The van der Waals surface area contributed by atoms with Crippen LogP contribution in [0.4, 0.5) is 39.5 Å². The van der Waals surface area contributed by atoms with Gasteiger partial charge in [-0.2, -0.15) is 39.5 Å². The standard InChI is InChI=1S/C17H19F9O/c1-4-6-11-7-5-8-12(9-11)13(2,27-3)10-14(18,19)15(20,21)16(22,23)17(24,25)26/h5,7-9H,4,6,10H2,1-3H3. The van der Waals surface area contributed by atoms with Gasteiger partial charge >= 0.3 is 23.9 Å². The molecule has 0 saturated heterocycles. The van der Waals surface area contributed by atoms with E-state index in [9.17, 15) is 39.5 Å². The van der Waals surface area contributed by atoms with E-state index in [4.69, 9.17) is 4.74 Å². The van der Waals surface area contributed by atoms with Crippen LogP contribution in [0.3, 0.4) is 0 Å². The second kappa shape index (κ2) is 7.52. The van der Waals surface area contributed by atoms with E-state index in [0.717, 1.165) is 14.0 Å². The lowest BCUT2D eigenvalue weighted by Gasteiger charge is -2.38. The van der Waals surface area contributed by atoms with Crippen molar-refractivity contribution in [3.63, 3.8) is 0 Å². The Morgan fingerprint density at radius 3 is 1.89 bits per heavy atom. The average Bonchev–Trinajstić information content (AvgIpc) is 2.53. The van der Waals surface area contributed by atoms with E-state index < -0.39 is 36.0 Å². The minimum absolute atomic E-state index is 0.0400. The Labute approximate surface area is 150 Å². The molecule has 1 rings (SSSR count). The molecule has 156 valence electrons. The van der Waals surface area contributed by atoms with Crippen LogP contribution in [0, 0.1) is 0 Å². The largest absolute Gasteiger partial charge is 0.460 e. The number of halogens is 9. The van der Waals surface area contributed by atoms with E-state index in [1.807, 2.05) is 6.92 Å². The summed E-state index contributed by atoms with van der Waals surface area (Å²) in [6.45, 7) is 2.75. The number of ether oxygens (including phenoxy) is 1. The summed E-state index contributed by atoms with van der Waals surface area (Å²) in [5, 5.41) is 0. The molecule has 27 heavy (non-hydrogen) atoms. The summed E-state index contributed by atoms with van der Waals surface area (Å²) < 4.78 is 123. The Bertz CT molecular complexity index is 640. The second-order valence-corrected chi connectivity index (χ2v) is 6.41. The second-order valence-electron chi connectivity index (χ2n) is 6.41. The molecule has 1 atom stereocenters. The lowest BCUT2D eigenvalue weighted by molar-refractivity contribution is -0.400. The molecule has 10 heteroatoms. The van der Waals surface area contributed by atoms with Crippen LogP contribution in [0.15, 0.2) is 24.3 Å². The number of rotatable bonds is 8. The van der Waals surface area contributed by atoms with Gasteiger partial charge in [0, 0.05) is 7.11 Å². The molecule has 0 aliphatic rings. The molecule has 0 aliphatic heterocycles. The van der Waals surface area contributed by atoms with Crippen molar-refractivity contribution in [2.24, 2.45) is 0 Å². The highest BCUT2D eigenvalue weighted by Gasteiger charge is 2.82. The number of methoxy groups -OCH3 is 1. The molecule has 0 spiro atoms. The van der Waals surface area contributed by atoms with E-state index in [1.165, 1.54) is 18.2 Å². The van der Waals surface area contributed by atoms with Crippen LogP contribution in [0.25, 0.3) is 0 Å². The van der Waals surface area contributed by atoms with E-state index in [-0.39, 0.29) is 5.56 Å². The predicted molar refractivity (Wildman–Crippen MR) is 80.3 cm³/mol. The molecule has 1 unspecified atom stereocenters. The normalized spacial score (nSPS) is 16.3. The van der Waals surface area contributed by atoms with Gasteiger partial charge in [0.15, 0.2) is 0 Å². The highest BCUT2D eigenvalue weighted by atomic mass is 19.4. The highest BCUT2D eigenvalue weighted by Crippen LogP contribution is 2.56. The van der Waals surface area contributed by atoms with Crippen molar-refractivity contribution >= 4 is 0 Å². The lowest BCUT2D eigenvalue weighted by Crippen LogP contribution is -2.62. The number of hydrogen-bond acceptors (Lipinski definition) is 1. The van der Waals surface area contributed by atoms with E-state index in [0.29, 0.717) is 18.4 Å². The van der Waals surface area contributed by atoms with Gasteiger partial charge in [0.25, 0.3) is 0 Å². The third kappa shape index (κ3) is 4.35. The van der Waals surface area contributed by atoms with Gasteiger partial charge in [-0.3, -0.25) is 0 Å². The van der Waals surface area contributed by atoms with Crippen LogP contribution in [-0.4, -0.2) is 31.1 Å². The van der Waals surface area contributed by atoms with Gasteiger partial charge in [-0.05, 0) is 24.5 Å². The fourth-order valence-corrected chi connectivity index (χ4v) is 2.58. The molecule has 0 amide bonds. The summed E-state index contributed by atoms with van der Waals surface area (Å²) in [6, 6.07) is 5.67. The average molecular weight is 410 g/mol. The van der Waals surface area contributed by atoms with Gasteiger partial charge in [-0.25, -0.2) is 0 Å². The van der Waals surface area contributed by atoms with Crippen LogP contribution in [-0.2, 0) is 16.8 Å². The van der Waals surface area contributed by atoms with Crippen molar-refractivity contribution in [2.75, 3.05) is 7.11 Å². The molecule has 0 N–H and O–H groups in total. The number of benzene rings is 1. The molecule has 1 aromatic rings. The third-order valence-electron chi connectivity index (χ3n) is 4.30. The third-order valence-corrected chi connectivity index (χ3v) is 4.30. The van der Waals surface area contributed by atoms with Crippen LogP contribution in [0.2, 0.25) is 0 Å². The van der Waals surface area contributed by atoms with Crippen LogP contribution in [0.1, 0.15) is 37.8 Å². The summed E-state index contributed by atoms with van der Waals surface area (Å²) in [7, 11) is 0.878. The fraction of sp³-hybridized carbons (Fsp3) is 0.647. The zero-order valence-corrected chi connectivity index (χ0v) is 14.7. The maximum atomic E-state index is 14.0. The summed E-state index contributed by atoms with van der Waals surface area (Å²) >= 11 is 0. The van der Waals surface area contributed by atoms with E-state index in [2.05, 4.69) is 0 Å². The zero-order valence-electron chi connectivity index (χ0n) is 14.7. The molecule has 0 bridgehead atoms. The minimum Gasteiger partial charge on any atom is -0.374 e. The van der Waals surface area contributed by atoms with Crippen molar-refractivity contribution in [2.45, 2.75) is 62.7 Å². The first-order chi connectivity index (χ1) is 12.1. The number of hydrogen-bond donors (Lipinski definition) is 0. The Balaban J connectivity index is 3.33. The van der Waals surface area contributed by atoms with Gasteiger partial charge in [0.2, 0.25) is 0 Å². The smallest absolute Gasteiger partial charge is 0.374 e. The fourth-order valence-electron chi connectivity index (χ4n) is 2.58. The van der Waals surface area contributed by atoms with Gasteiger partial charge in [-0.15, -0.1) is 0 Å². The van der Waals surface area contributed by atoms with E-state index >= 15 is 0 Å². The summed E-state index contributed by atoms with van der Waals surface area (Å²) in [5.74, 6) is -19.3. The van der Waals surface area contributed by atoms with Crippen molar-refractivity contribution in [3.05, 3.63) is 35.4 Å². The maximum absolute atomic E-state index is 14.0. The molecule has 0 saturated carbocycles. The van der Waals surface area contributed by atoms with Gasteiger partial charge in [0.05, 0.1) is 12.0 Å². The summed E-state index contributed by atoms with van der Waals surface area (Å²) in [6.07, 6.45) is -7.72. The Hall–Kier alpha value is -1.45. The van der Waals surface area contributed by atoms with Gasteiger partial charge < -0.3 is 4.74 Å². The SMILES string of the molecule is CCCc1cccc(C(C)(CC(F)(F)C(F)(F)C(F)(F)C(F)(F)F)OC)c1. The quantitative estimate of drug-likeness (QED) is 0.453. The minimum atomic E-state index is -6.91. The molecule has 0 aliphatic carbocycles. The lowest BCUT2D eigenvalue weighted by atomic mass is 9.85. The molecule has 1 aromatic carbocycles. The molecule has 0 radical (unpaired) electrons. The van der Waals surface area contributed by atoms with Gasteiger partial charge in [0.1, 0.15) is 0 Å². The van der Waals surface area contributed by atoms with Crippen LogP contribution in [0.5, 0.6) is 0 Å². The monoisotopic (exact) mass is 410 g/mol. The predicted octanol–water partition coefficient (Wildman–Crippen LogP) is 6.36. The first kappa shape index (κ1) is 23.6. The topological polar surface area (TPSA) is 9.23 Å². The van der Waals surface area contributed by atoms with Crippen molar-refractivity contribution in [3.8, 4) is 0 Å². The van der Waals surface area contributed by atoms with Crippen molar-refractivity contribution in [1.82, 2.24) is 0 Å². The number of aryl methyl sites for hydroxylation is 1. The van der Waals surface area contributed by atoms with Crippen molar-refractivity contribution < 1.29 is 44.3 Å². The Kier molecular flexibility index (Phi) is 6.57. The molecule has 0 fully saturated rings. The van der Waals surface area contributed by atoms with Gasteiger partial charge in [-0.1, -0.05) is 37.6 Å². The summed E-state index contributed by atoms with van der Waals surface area (Å²) in [4.78, 5) is 0. The van der Waals surface area contributed by atoms with Crippen LogP contribution >= 0.6 is 0 Å².